The van der Waals surface area contributed by atoms with Crippen molar-refractivity contribution in [2.24, 2.45) is 5.73 Å². The molecule has 0 bridgehead atoms. The monoisotopic (exact) mass is 299 g/mol. The van der Waals surface area contributed by atoms with E-state index in [0.29, 0.717) is 6.61 Å². The Morgan fingerprint density at radius 1 is 1.47 bits per heavy atom. The van der Waals surface area contributed by atoms with Gasteiger partial charge in [0.05, 0.1) is 6.61 Å². The van der Waals surface area contributed by atoms with Crippen molar-refractivity contribution in [2.75, 3.05) is 6.61 Å². The summed E-state index contributed by atoms with van der Waals surface area (Å²) in [5, 5.41) is 0. The molecule has 2 unspecified atom stereocenters. The SMILES string of the molecule is CCOC(=O)C(N)C(CC)c1cccc(Br)c1. The fraction of sp³-hybridized carbons (Fsp3) is 0.462. The summed E-state index contributed by atoms with van der Waals surface area (Å²) in [5.41, 5.74) is 7.01. The van der Waals surface area contributed by atoms with E-state index < -0.39 is 6.04 Å². The second-order valence-electron chi connectivity index (χ2n) is 3.85. The van der Waals surface area contributed by atoms with Crippen LogP contribution in [0.4, 0.5) is 0 Å². The van der Waals surface area contributed by atoms with Crippen molar-refractivity contribution in [3.05, 3.63) is 34.3 Å². The van der Waals surface area contributed by atoms with Crippen LogP contribution < -0.4 is 5.73 Å². The largest absolute Gasteiger partial charge is 0.465 e. The molecule has 17 heavy (non-hydrogen) atoms. The zero-order valence-corrected chi connectivity index (χ0v) is 11.7. The predicted molar refractivity (Wildman–Crippen MR) is 71.8 cm³/mol. The lowest BCUT2D eigenvalue weighted by Gasteiger charge is -2.21. The Labute approximate surface area is 110 Å². The molecule has 0 aliphatic heterocycles. The van der Waals surface area contributed by atoms with E-state index in [4.69, 9.17) is 10.5 Å². The second-order valence-corrected chi connectivity index (χ2v) is 4.76. The minimum absolute atomic E-state index is 0.00782. The number of rotatable bonds is 5. The molecule has 0 fully saturated rings. The molecule has 0 aliphatic carbocycles. The van der Waals surface area contributed by atoms with Gasteiger partial charge in [0.15, 0.2) is 0 Å². The Hall–Kier alpha value is -0.870. The average molecular weight is 300 g/mol. The Bertz CT molecular complexity index is 381. The molecule has 0 spiro atoms. The average Bonchev–Trinajstić information content (AvgIpc) is 2.30. The highest BCUT2D eigenvalue weighted by Crippen LogP contribution is 2.25. The molecule has 0 amide bonds. The van der Waals surface area contributed by atoms with Gasteiger partial charge in [0.25, 0.3) is 0 Å². The summed E-state index contributed by atoms with van der Waals surface area (Å²) in [4.78, 5) is 11.6. The van der Waals surface area contributed by atoms with Crippen molar-refractivity contribution in [3.63, 3.8) is 0 Å². The van der Waals surface area contributed by atoms with Gasteiger partial charge in [0.2, 0.25) is 0 Å². The summed E-state index contributed by atoms with van der Waals surface area (Å²) >= 11 is 3.42. The highest BCUT2D eigenvalue weighted by molar-refractivity contribution is 9.10. The molecule has 0 aromatic heterocycles. The Morgan fingerprint density at radius 2 is 2.18 bits per heavy atom. The lowest BCUT2D eigenvalue weighted by molar-refractivity contribution is -0.145. The van der Waals surface area contributed by atoms with E-state index in [1.165, 1.54) is 0 Å². The third kappa shape index (κ3) is 3.82. The van der Waals surface area contributed by atoms with E-state index >= 15 is 0 Å². The molecule has 0 radical (unpaired) electrons. The molecule has 1 rings (SSSR count). The van der Waals surface area contributed by atoms with Crippen LogP contribution in [-0.2, 0) is 9.53 Å². The topological polar surface area (TPSA) is 52.3 Å². The van der Waals surface area contributed by atoms with Crippen molar-refractivity contribution in [1.29, 1.82) is 0 Å². The number of halogens is 1. The minimum Gasteiger partial charge on any atom is -0.465 e. The third-order valence-electron chi connectivity index (χ3n) is 2.71. The maximum atomic E-state index is 11.6. The first kappa shape index (κ1) is 14.2. The van der Waals surface area contributed by atoms with Gasteiger partial charge in [-0.05, 0) is 31.0 Å². The number of ether oxygens (including phenoxy) is 1. The highest BCUT2D eigenvalue weighted by Gasteiger charge is 2.25. The first-order valence-electron chi connectivity index (χ1n) is 5.77. The van der Waals surface area contributed by atoms with Gasteiger partial charge >= 0.3 is 5.97 Å². The van der Waals surface area contributed by atoms with Gasteiger partial charge in [-0.15, -0.1) is 0 Å². The standard InChI is InChI=1S/C13H18BrNO2/c1-3-11(12(15)13(16)17-4-2)9-6-5-7-10(14)8-9/h5-8,11-12H,3-4,15H2,1-2H3. The number of carbonyl (C=O) groups excluding carboxylic acids is 1. The van der Waals surface area contributed by atoms with Gasteiger partial charge in [0, 0.05) is 10.4 Å². The van der Waals surface area contributed by atoms with E-state index in [1.807, 2.05) is 31.2 Å². The summed E-state index contributed by atoms with van der Waals surface area (Å²) in [5.74, 6) is -0.342. The van der Waals surface area contributed by atoms with Crippen molar-refractivity contribution >= 4 is 21.9 Å². The molecule has 2 atom stereocenters. The molecule has 4 heteroatoms. The summed E-state index contributed by atoms with van der Waals surface area (Å²) < 4.78 is 5.95. The van der Waals surface area contributed by atoms with Crippen LogP contribution in [0.3, 0.4) is 0 Å². The van der Waals surface area contributed by atoms with Gasteiger partial charge < -0.3 is 10.5 Å². The van der Waals surface area contributed by atoms with Crippen LogP contribution in [-0.4, -0.2) is 18.6 Å². The normalized spacial score (nSPS) is 14.1. The fourth-order valence-electron chi connectivity index (χ4n) is 1.84. The van der Waals surface area contributed by atoms with Crippen LogP contribution in [0.15, 0.2) is 28.7 Å². The zero-order chi connectivity index (χ0) is 12.8. The molecule has 0 saturated carbocycles. The smallest absolute Gasteiger partial charge is 0.323 e. The molecule has 3 nitrogen and oxygen atoms in total. The summed E-state index contributed by atoms with van der Waals surface area (Å²) in [6, 6.07) is 7.27. The number of carbonyl (C=O) groups is 1. The molecule has 0 heterocycles. The first-order chi connectivity index (χ1) is 8.10. The number of hydrogen-bond acceptors (Lipinski definition) is 3. The Balaban J connectivity index is 2.87. The number of nitrogens with two attached hydrogens (primary N) is 1. The van der Waals surface area contributed by atoms with E-state index in [1.54, 1.807) is 6.92 Å². The lowest BCUT2D eigenvalue weighted by atomic mass is 9.90. The van der Waals surface area contributed by atoms with E-state index in [9.17, 15) is 4.79 Å². The Kier molecular flexibility index (Phi) is 5.65. The van der Waals surface area contributed by atoms with Crippen molar-refractivity contribution in [2.45, 2.75) is 32.2 Å². The molecule has 2 N–H and O–H groups in total. The van der Waals surface area contributed by atoms with Crippen LogP contribution in [0.5, 0.6) is 0 Å². The molecular formula is C13H18BrNO2. The van der Waals surface area contributed by atoms with Gasteiger partial charge in [-0.3, -0.25) is 4.79 Å². The van der Waals surface area contributed by atoms with Gasteiger partial charge in [-0.2, -0.15) is 0 Å². The summed E-state index contributed by atoms with van der Waals surface area (Å²) in [6.45, 7) is 4.16. The van der Waals surface area contributed by atoms with Crippen molar-refractivity contribution in [1.82, 2.24) is 0 Å². The molecule has 0 saturated heterocycles. The van der Waals surface area contributed by atoms with E-state index in [2.05, 4.69) is 15.9 Å². The predicted octanol–water partition coefficient (Wildman–Crippen LogP) is 2.83. The van der Waals surface area contributed by atoms with Crippen LogP contribution in [0.25, 0.3) is 0 Å². The minimum atomic E-state index is -0.603. The lowest BCUT2D eigenvalue weighted by Crippen LogP contribution is -2.38. The first-order valence-corrected chi connectivity index (χ1v) is 6.57. The molecule has 94 valence electrons. The fourth-order valence-corrected chi connectivity index (χ4v) is 2.25. The molecule has 0 aliphatic rings. The number of esters is 1. The van der Waals surface area contributed by atoms with Gasteiger partial charge in [-0.25, -0.2) is 0 Å². The number of benzene rings is 1. The van der Waals surface area contributed by atoms with E-state index in [0.717, 1.165) is 16.5 Å². The summed E-state index contributed by atoms with van der Waals surface area (Å²) in [7, 11) is 0. The maximum Gasteiger partial charge on any atom is 0.323 e. The third-order valence-corrected chi connectivity index (χ3v) is 3.20. The zero-order valence-electron chi connectivity index (χ0n) is 10.2. The second kappa shape index (κ2) is 6.77. The van der Waals surface area contributed by atoms with Crippen LogP contribution in [0, 0.1) is 0 Å². The van der Waals surface area contributed by atoms with E-state index in [-0.39, 0.29) is 11.9 Å². The van der Waals surface area contributed by atoms with Gasteiger partial charge in [-0.1, -0.05) is 35.0 Å². The van der Waals surface area contributed by atoms with Crippen LogP contribution in [0.2, 0.25) is 0 Å². The van der Waals surface area contributed by atoms with Crippen LogP contribution in [0.1, 0.15) is 31.7 Å². The van der Waals surface area contributed by atoms with Crippen LogP contribution >= 0.6 is 15.9 Å². The Morgan fingerprint density at radius 3 is 2.71 bits per heavy atom. The van der Waals surface area contributed by atoms with Crippen molar-refractivity contribution in [3.8, 4) is 0 Å². The summed E-state index contributed by atoms with van der Waals surface area (Å²) in [6.07, 6.45) is 0.802. The van der Waals surface area contributed by atoms with Crippen molar-refractivity contribution < 1.29 is 9.53 Å². The number of hydrogen-bond donors (Lipinski definition) is 1. The molecule has 1 aromatic rings. The molecule has 1 aromatic carbocycles. The van der Waals surface area contributed by atoms with Gasteiger partial charge in [0.1, 0.15) is 6.04 Å². The quantitative estimate of drug-likeness (QED) is 0.851. The maximum absolute atomic E-state index is 11.6. The molecular weight excluding hydrogens is 282 g/mol. The highest BCUT2D eigenvalue weighted by atomic mass is 79.9.